The van der Waals surface area contributed by atoms with Gasteiger partial charge in [-0.05, 0) is 29.5 Å². The van der Waals surface area contributed by atoms with E-state index in [-0.39, 0.29) is 11.5 Å². The lowest BCUT2D eigenvalue weighted by Gasteiger charge is -2.29. The van der Waals surface area contributed by atoms with Gasteiger partial charge in [0.15, 0.2) is 0 Å². The third-order valence-electron chi connectivity index (χ3n) is 4.14. The molecule has 5 heteroatoms. The molecule has 0 saturated carbocycles. The summed E-state index contributed by atoms with van der Waals surface area (Å²) in [5.74, 6) is 0.0797. The van der Waals surface area contributed by atoms with Crippen molar-refractivity contribution < 1.29 is 4.79 Å². The van der Waals surface area contributed by atoms with Gasteiger partial charge < -0.3 is 15.6 Å². The van der Waals surface area contributed by atoms with Crippen LogP contribution in [-0.4, -0.2) is 28.9 Å². The van der Waals surface area contributed by atoms with E-state index in [1.54, 1.807) is 0 Å². The molecule has 2 aromatic rings. The number of aromatic amines is 1. The van der Waals surface area contributed by atoms with Crippen molar-refractivity contribution in [1.29, 1.82) is 0 Å². The Morgan fingerprint density at radius 2 is 2.24 bits per heavy atom. The van der Waals surface area contributed by atoms with Gasteiger partial charge in [0.25, 0.3) is 5.56 Å². The predicted molar refractivity (Wildman–Crippen MR) is 82.1 cm³/mol. The van der Waals surface area contributed by atoms with Crippen LogP contribution < -0.4 is 11.3 Å². The van der Waals surface area contributed by atoms with Gasteiger partial charge in [-0.3, -0.25) is 9.59 Å². The van der Waals surface area contributed by atoms with Crippen molar-refractivity contribution in [3.05, 3.63) is 45.4 Å². The number of pyridine rings is 1. The Labute approximate surface area is 122 Å². The molecule has 110 valence electrons. The summed E-state index contributed by atoms with van der Waals surface area (Å²) in [5, 5.41) is 1.68. The second-order valence-corrected chi connectivity index (χ2v) is 5.51. The molecule has 1 aliphatic heterocycles. The molecule has 1 aromatic carbocycles. The number of benzene rings is 1. The van der Waals surface area contributed by atoms with E-state index in [1.807, 2.05) is 30.0 Å². The number of fused-ring (bicyclic) bond motifs is 3. The maximum absolute atomic E-state index is 12.2. The van der Waals surface area contributed by atoms with Gasteiger partial charge in [-0.1, -0.05) is 12.1 Å². The van der Waals surface area contributed by atoms with Gasteiger partial charge in [-0.2, -0.15) is 0 Å². The van der Waals surface area contributed by atoms with Crippen LogP contribution in [0.25, 0.3) is 10.8 Å². The highest BCUT2D eigenvalue weighted by molar-refractivity contribution is 5.89. The molecule has 0 radical (unpaired) electrons. The number of carbonyl (C=O) groups is 1. The first-order valence-corrected chi connectivity index (χ1v) is 7.23. The molecule has 0 spiro atoms. The molecule has 1 aromatic heterocycles. The molecule has 3 rings (SSSR count). The first-order chi connectivity index (χ1) is 10.1. The molecule has 0 fully saturated rings. The number of nitrogens with two attached hydrogens (primary N) is 1. The van der Waals surface area contributed by atoms with Crippen molar-refractivity contribution in [3.8, 4) is 0 Å². The molecule has 1 amide bonds. The minimum atomic E-state index is -0.0471. The number of nitrogens with one attached hydrogen (secondary N) is 1. The smallest absolute Gasteiger partial charge is 0.256 e. The second-order valence-electron chi connectivity index (χ2n) is 5.51. The average Bonchev–Trinajstić information content (AvgIpc) is 2.47. The van der Waals surface area contributed by atoms with Gasteiger partial charge in [0, 0.05) is 43.6 Å². The molecule has 5 nitrogen and oxygen atoms in total. The summed E-state index contributed by atoms with van der Waals surface area (Å²) in [4.78, 5) is 29.0. The Hall–Kier alpha value is -2.14. The van der Waals surface area contributed by atoms with Gasteiger partial charge in [0.05, 0.1) is 0 Å². The van der Waals surface area contributed by atoms with E-state index in [2.05, 4.69) is 4.98 Å². The van der Waals surface area contributed by atoms with E-state index < -0.39 is 0 Å². The summed E-state index contributed by atoms with van der Waals surface area (Å²) in [7, 11) is 0. The summed E-state index contributed by atoms with van der Waals surface area (Å²) in [6.07, 6.45) is 1.06. The van der Waals surface area contributed by atoms with E-state index in [0.717, 1.165) is 22.2 Å². The molecule has 0 saturated heterocycles. The zero-order chi connectivity index (χ0) is 15.0. The number of hydrogen-bond donors (Lipinski definition) is 2. The Kier molecular flexibility index (Phi) is 3.51. The standard InChI is InChI=1S/C16H19N3O2/c1-10-3-2-4-11-15(10)12-9-19(14(20)5-7-17)8-6-13(12)18-16(11)21/h2-4H,5-9,17H2,1H3,(H,18,21). The third-order valence-corrected chi connectivity index (χ3v) is 4.14. The Morgan fingerprint density at radius 3 is 3.00 bits per heavy atom. The zero-order valence-corrected chi connectivity index (χ0v) is 12.1. The van der Waals surface area contributed by atoms with Gasteiger partial charge in [0.2, 0.25) is 5.91 Å². The second kappa shape index (κ2) is 5.33. The van der Waals surface area contributed by atoms with Gasteiger partial charge in [-0.15, -0.1) is 0 Å². The van der Waals surface area contributed by atoms with Crippen LogP contribution in [-0.2, 0) is 17.8 Å². The van der Waals surface area contributed by atoms with Crippen LogP contribution in [0.1, 0.15) is 23.2 Å². The zero-order valence-electron chi connectivity index (χ0n) is 12.1. The van der Waals surface area contributed by atoms with Crippen LogP contribution in [0.15, 0.2) is 23.0 Å². The number of amides is 1. The minimum absolute atomic E-state index is 0.0471. The predicted octanol–water partition coefficient (Wildman–Crippen LogP) is 1.07. The summed E-state index contributed by atoms with van der Waals surface area (Å²) >= 11 is 0. The lowest BCUT2D eigenvalue weighted by Crippen LogP contribution is -2.38. The first kappa shape index (κ1) is 13.8. The van der Waals surface area contributed by atoms with E-state index >= 15 is 0 Å². The molecule has 0 atom stereocenters. The fraction of sp³-hybridized carbons (Fsp3) is 0.375. The fourth-order valence-electron chi connectivity index (χ4n) is 3.09. The molecule has 0 bridgehead atoms. The average molecular weight is 285 g/mol. The normalized spacial score (nSPS) is 14.3. The van der Waals surface area contributed by atoms with Gasteiger partial charge in [0.1, 0.15) is 0 Å². The SMILES string of the molecule is Cc1cccc2c(=O)[nH]c3c(c12)CN(C(=O)CCN)CC3. The van der Waals surface area contributed by atoms with E-state index in [9.17, 15) is 9.59 Å². The molecule has 0 aliphatic carbocycles. The van der Waals surface area contributed by atoms with Crippen LogP contribution in [0.4, 0.5) is 0 Å². The lowest BCUT2D eigenvalue weighted by molar-refractivity contribution is -0.131. The van der Waals surface area contributed by atoms with Crippen molar-refractivity contribution >= 4 is 16.7 Å². The van der Waals surface area contributed by atoms with Crippen LogP contribution in [0.2, 0.25) is 0 Å². The van der Waals surface area contributed by atoms with Crippen LogP contribution >= 0.6 is 0 Å². The quantitative estimate of drug-likeness (QED) is 0.866. The van der Waals surface area contributed by atoms with Crippen molar-refractivity contribution in [2.24, 2.45) is 5.73 Å². The Bertz CT molecular complexity index is 764. The number of nitrogens with zero attached hydrogens (tertiary/aromatic N) is 1. The number of carbonyl (C=O) groups excluding carboxylic acids is 1. The number of hydrogen-bond acceptors (Lipinski definition) is 3. The van der Waals surface area contributed by atoms with Crippen LogP contribution in [0.3, 0.4) is 0 Å². The lowest BCUT2D eigenvalue weighted by atomic mass is 9.95. The largest absolute Gasteiger partial charge is 0.338 e. The van der Waals surface area contributed by atoms with Gasteiger partial charge >= 0.3 is 0 Å². The molecular formula is C16H19N3O2. The maximum Gasteiger partial charge on any atom is 0.256 e. The highest BCUT2D eigenvalue weighted by atomic mass is 16.2. The van der Waals surface area contributed by atoms with Crippen LogP contribution in [0, 0.1) is 6.92 Å². The third kappa shape index (κ3) is 2.34. The summed E-state index contributed by atoms with van der Waals surface area (Å²) in [6.45, 7) is 3.56. The topological polar surface area (TPSA) is 79.2 Å². The Balaban J connectivity index is 2.12. The number of H-pyrrole nitrogens is 1. The summed E-state index contributed by atoms with van der Waals surface area (Å²) < 4.78 is 0. The highest BCUT2D eigenvalue weighted by Crippen LogP contribution is 2.26. The van der Waals surface area contributed by atoms with Crippen molar-refractivity contribution in [1.82, 2.24) is 9.88 Å². The highest BCUT2D eigenvalue weighted by Gasteiger charge is 2.23. The molecule has 3 N–H and O–H groups in total. The minimum Gasteiger partial charge on any atom is -0.338 e. The fourth-order valence-corrected chi connectivity index (χ4v) is 3.09. The molecule has 1 aliphatic rings. The molecule has 21 heavy (non-hydrogen) atoms. The monoisotopic (exact) mass is 285 g/mol. The number of rotatable bonds is 2. The summed E-state index contributed by atoms with van der Waals surface area (Å²) in [5.41, 5.74) is 8.52. The molecular weight excluding hydrogens is 266 g/mol. The van der Waals surface area contributed by atoms with E-state index in [4.69, 9.17) is 5.73 Å². The van der Waals surface area contributed by atoms with E-state index in [0.29, 0.717) is 37.9 Å². The molecule has 2 heterocycles. The molecule has 0 unspecified atom stereocenters. The van der Waals surface area contributed by atoms with Crippen molar-refractivity contribution in [3.63, 3.8) is 0 Å². The maximum atomic E-state index is 12.2. The Morgan fingerprint density at radius 1 is 1.43 bits per heavy atom. The first-order valence-electron chi connectivity index (χ1n) is 7.23. The van der Waals surface area contributed by atoms with Gasteiger partial charge in [-0.25, -0.2) is 0 Å². The van der Waals surface area contributed by atoms with Crippen LogP contribution in [0.5, 0.6) is 0 Å². The number of aromatic nitrogens is 1. The number of aryl methyl sites for hydroxylation is 1. The van der Waals surface area contributed by atoms with E-state index in [1.165, 1.54) is 0 Å². The summed E-state index contributed by atoms with van der Waals surface area (Å²) in [6, 6.07) is 5.73. The van der Waals surface area contributed by atoms with Crippen molar-refractivity contribution in [2.75, 3.05) is 13.1 Å². The van der Waals surface area contributed by atoms with Crippen molar-refractivity contribution in [2.45, 2.75) is 26.3 Å².